The summed E-state index contributed by atoms with van der Waals surface area (Å²) in [5.41, 5.74) is 1.29. The number of hydrogen-bond donors (Lipinski definition) is 1. The van der Waals surface area contributed by atoms with Gasteiger partial charge in [0.1, 0.15) is 4.88 Å². The highest BCUT2D eigenvalue weighted by Gasteiger charge is 2.22. The Morgan fingerprint density at radius 2 is 1.90 bits per heavy atom. The van der Waals surface area contributed by atoms with Crippen molar-refractivity contribution in [2.45, 2.75) is 26.9 Å². The van der Waals surface area contributed by atoms with Crippen molar-refractivity contribution in [2.75, 3.05) is 5.32 Å². The van der Waals surface area contributed by atoms with E-state index in [9.17, 15) is 9.59 Å². The molecule has 2 rings (SSSR count). The summed E-state index contributed by atoms with van der Waals surface area (Å²) in [6.07, 6.45) is -0.875. The van der Waals surface area contributed by atoms with E-state index in [1.54, 1.807) is 26.0 Å². The van der Waals surface area contributed by atoms with Gasteiger partial charge in [0.25, 0.3) is 5.91 Å². The first-order chi connectivity index (χ1) is 9.97. The van der Waals surface area contributed by atoms with E-state index in [4.69, 9.17) is 4.74 Å². The first kappa shape index (κ1) is 15.2. The van der Waals surface area contributed by atoms with Crippen LogP contribution in [0.25, 0.3) is 0 Å². The summed E-state index contributed by atoms with van der Waals surface area (Å²) in [5.74, 6) is -0.887. The van der Waals surface area contributed by atoms with Gasteiger partial charge in [-0.3, -0.25) is 4.79 Å². The molecule has 110 valence electrons. The van der Waals surface area contributed by atoms with Gasteiger partial charge in [-0.05, 0) is 32.9 Å². The van der Waals surface area contributed by atoms with Crippen LogP contribution in [0.1, 0.15) is 27.3 Å². The summed E-state index contributed by atoms with van der Waals surface area (Å²) in [5, 5.41) is 3.48. The Bertz CT molecular complexity index is 652. The molecule has 1 aromatic carbocycles. The highest BCUT2D eigenvalue weighted by atomic mass is 32.1. The number of amides is 1. The lowest BCUT2D eigenvalue weighted by Gasteiger charge is -2.13. The molecule has 0 saturated carbocycles. The first-order valence-corrected chi connectivity index (χ1v) is 7.30. The van der Waals surface area contributed by atoms with Crippen LogP contribution in [0.5, 0.6) is 0 Å². The molecule has 5 nitrogen and oxygen atoms in total. The third-order valence-corrected chi connectivity index (χ3v) is 3.84. The zero-order chi connectivity index (χ0) is 15.4. The monoisotopic (exact) mass is 304 g/mol. The Kier molecular flexibility index (Phi) is 4.70. The molecule has 0 saturated heterocycles. The summed E-state index contributed by atoms with van der Waals surface area (Å²) in [6, 6.07) is 9.02. The van der Waals surface area contributed by atoms with Crippen LogP contribution in [-0.2, 0) is 9.53 Å². The average Bonchev–Trinajstić information content (AvgIpc) is 2.78. The van der Waals surface area contributed by atoms with Gasteiger partial charge in [-0.1, -0.05) is 18.2 Å². The first-order valence-electron chi connectivity index (χ1n) is 6.48. The van der Waals surface area contributed by atoms with Crippen molar-refractivity contribution in [3.8, 4) is 0 Å². The zero-order valence-electron chi connectivity index (χ0n) is 12.0. The topological polar surface area (TPSA) is 68.3 Å². The molecule has 1 amide bonds. The Morgan fingerprint density at radius 1 is 1.24 bits per heavy atom. The summed E-state index contributed by atoms with van der Waals surface area (Å²) < 4.78 is 5.18. The minimum absolute atomic E-state index is 0.367. The molecular formula is C15H16N2O3S. The van der Waals surface area contributed by atoms with E-state index in [1.165, 1.54) is 11.3 Å². The van der Waals surface area contributed by atoms with Crippen molar-refractivity contribution >= 4 is 28.9 Å². The molecule has 6 heteroatoms. The molecule has 0 radical (unpaired) electrons. The van der Waals surface area contributed by atoms with Crippen LogP contribution < -0.4 is 5.32 Å². The van der Waals surface area contributed by atoms with E-state index >= 15 is 0 Å². The lowest BCUT2D eigenvalue weighted by atomic mass is 10.3. The number of hydrogen-bond acceptors (Lipinski definition) is 5. The molecule has 0 fully saturated rings. The number of thiazole rings is 1. The number of carbonyl (C=O) groups is 2. The zero-order valence-corrected chi connectivity index (χ0v) is 12.9. The van der Waals surface area contributed by atoms with Crippen LogP contribution in [0.2, 0.25) is 0 Å². The van der Waals surface area contributed by atoms with E-state index in [1.807, 2.05) is 25.1 Å². The fourth-order valence-corrected chi connectivity index (χ4v) is 2.56. The number of esters is 1. The molecule has 1 aromatic heterocycles. The van der Waals surface area contributed by atoms with Gasteiger partial charge < -0.3 is 10.1 Å². The van der Waals surface area contributed by atoms with Gasteiger partial charge in [0.2, 0.25) is 0 Å². The highest BCUT2D eigenvalue weighted by Crippen LogP contribution is 2.19. The molecule has 0 spiro atoms. The van der Waals surface area contributed by atoms with Gasteiger partial charge in [0.05, 0.1) is 10.7 Å². The Balaban J connectivity index is 1.97. The number of para-hydroxylation sites is 1. The number of anilines is 1. The predicted molar refractivity (Wildman–Crippen MR) is 81.5 cm³/mol. The maximum atomic E-state index is 12.0. The van der Waals surface area contributed by atoms with Gasteiger partial charge in [-0.25, -0.2) is 9.78 Å². The SMILES string of the molecule is Cc1nc(C)c(C(=O)OC(C)C(=O)Nc2ccccc2)s1. The third-order valence-electron chi connectivity index (χ3n) is 2.78. The fourth-order valence-electron chi connectivity index (χ4n) is 1.75. The van der Waals surface area contributed by atoms with Crippen LogP contribution in [0.15, 0.2) is 30.3 Å². The van der Waals surface area contributed by atoms with Crippen molar-refractivity contribution in [1.29, 1.82) is 0 Å². The fraction of sp³-hybridized carbons (Fsp3) is 0.267. The largest absolute Gasteiger partial charge is 0.448 e. The molecular weight excluding hydrogens is 288 g/mol. The van der Waals surface area contributed by atoms with E-state index in [2.05, 4.69) is 10.3 Å². The van der Waals surface area contributed by atoms with Gasteiger partial charge in [-0.2, -0.15) is 0 Å². The maximum Gasteiger partial charge on any atom is 0.351 e. The van der Waals surface area contributed by atoms with E-state index in [0.29, 0.717) is 16.3 Å². The average molecular weight is 304 g/mol. The van der Waals surface area contributed by atoms with Crippen LogP contribution in [0, 0.1) is 13.8 Å². The quantitative estimate of drug-likeness (QED) is 0.882. The van der Waals surface area contributed by atoms with E-state index in [0.717, 1.165) is 5.01 Å². The third kappa shape index (κ3) is 3.88. The number of ether oxygens (including phenoxy) is 1. The maximum absolute atomic E-state index is 12.0. The summed E-state index contributed by atoms with van der Waals surface area (Å²) in [6.45, 7) is 5.11. The van der Waals surface area contributed by atoms with Crippen LogP contribution in [0.3, 0.4) is 0 Å². The molecule has 0 bridgehead atoms. The molecule has 1 unspecified atom stereocenters. The number of nitrogens with zero attached hydrogens (tertiary/aromatic N) is 1. The summed E-state index contributed by atoms with van der Waals surface area (Å²) in [7, 11) is 0. The number of nitrogens with one attached hydrogen (secondary N) is 1. The van der Waals surface area contributed by atoms with Gasteiger partial charge in [-0.15, -0.1) is 11.3 Å². The Morgan fingerprint density at radius 3 is 2.48 bits per heavy atom. The van der Waals surface area contributed by atoms with E-state index in [-0.39, 0.29) is 5.91 Å². The van der Waals surface area contributed by atoms with Gasteiger partial charge in [0.15, 0.2) is 6.10 Å². The second kappa shape index (κ2) is 6.49. The van der Waals surface area contributed by atoms with Crippen LogP contribution in [0.4, 0.5) is 5.69 Å². The van der Waals surface area contributed by atoms with Crippen molar-refractivity contribution < 1.29 is 14.3 Å². The van der Waals surface area contributed by atoms with Crippen LogP contribution >= 0.6 is 11.3 Å². The van der Waals surface area contributed by atoms with Crippen molar-refractivity contribution in [2.24, 2.45) is 0 Å². The second-order valence-corrected chi connectivity index (χ2v) is 5.75. The highest BCUT2D eigenvalue weighted by molar-refractivity contribution is 7.13. The molecule has 21 heavy (non-hydrogen) atoms. The molecule has 1 N–H and O–H groups in total. The molecule has 2 aromatic rings. The van der Waals surface area contributed by atoms with Gasteiger partial charge in [0, 0.05) is 5.69 Å². The Hall–Kier alpha value is -2.21. The molecule has 1 heterocycles. The molecule has 1 atom stereocenters. The predicted octanol–water partition coefficient (Wildman–Crippen LogP) is 2.94. The van der Waals surface area contributed by atoms with Crippen molar-refractivity contribution in [1.82, 2.24) is 4.98 Å². The summed E-state index contributed by atoms with van der Waals surface area (Å²) >= 11 is 1.26. The summed E-state index contributed by atoms with van der Waals surface area (Å²) in [4.78, 5) is 28.6. The smallest absolute Gasteiger partial charge is 0.351 e. The van der Waals surface area contributed by atoms with Crippen molar-refractivity contribution in [3.05, 3.63) is 45.9 Å². The number of benzene rings is 1. The van der Waals surface area contributed by atoms with Gasteiger partial charge >= 0.3 is 5.97 Å². The lowest BCUT2D eigenvalue weighted by Crippen LogP contribution is -2.29. The van der Waals surface area contributed by atoms with E-state index < -0.39 is 12.1 Å². The number of rotatable bonds is 4. The molecule has 0 aliphatic carbocycles. The molecule has 0 aliphatic rings. The Labute approximate surface area is 127 Å². The van der Waals surface area contributed by atoms with Crippen LogP contribution in [-0.4, -0.2) is 23.0 Å². The number of carbonyl (C=O) groups excluding carboxylic acids is 2. The minimum atomic E-state index is -0.875. The number of aryl methyl sites for hydroxylation is 2. The minimum Gasteiger partial charge on any atom is -0.448 e. The van der Waals surface area contributed by atoms with Crippen molar-refractivity contribution in [3.63, 3.8) is 0 Å². The normalized spacial score (nSPS) is 11.8. The standard InChI is InChI=1S/C15H16N2O3S/c1-9-13(21-11(3)16-9)15(19)20-10(2)14(18)17-12-7-5-4-6-8-12/h4-8,10H,1-3H3,(H,17,18). The number of aromatic nitrogens is 1. The second-order valence-electron chi connectivity index (χ2n) is 4.55. The molecule has 0 aliphatic heterocycles. The lowest BCUT2D eigenvalue weighted by molar-refractivity contribution is -0.123.